The number of nitrogens with one attached hydrogen (secondary N) is 1. The van der Waals surface area contributed by atoms with Crippen molar-refractivity contribution in [3.63, 3.8) is 0 Å². The number of rotatable bonds is 5. The Balaban J connectivity index is 1.84. The molecule has 0 radical (unpaired) electrons. The van der Waals surface area contributed by atoms with E-state index in [0.29, 0.717) is 6.04 Å². The molecule has 0 aromatic carbocycles. The Morgan fingerprint density at radius 3 is 2.95 bits per heavy atom. The Morgan fingerprint density at radius 2 is 2.16 bits per heavy atom. The first-order valence-electron chi connectivity index (χ1n) is 6.85. The summed E-state index contributed by atoms with van der Waals surface area (Å²) < 4.78 is 0. The number of pyridine rings is 1. The molecule has 4 nitrogen and oxygen atoms in total. The molecule has 3 rings (SSSR count). The first-order chi connectivity index (χ1) is 9.36. The molecule has 1 fully saturated rings. The summed E-state index contributed by atoms with van der Waals surface area (Å²) in [5.74, 6) is 0.800. The van der Waals surface area contributed by atoms with E-state index in [9.17, 15) is 0 Å². The highest BCUT2D eigenvalue weighted by molar-refractivity contribution is 5.59. The molecular weight excluding hydrogens is 236 g/mol. The lowest BCUT2D eigenvalue weighted by Crippen LogP contribution is -2.16. The maximum absolute atomic E-state index is 4.65. The van der Waals surface area contributed by atoms with Gasteiger partial charge in [-0.05, 0) is 37.0 Å². The second-order valence-corrected chi connectivity index (χ2v) is 4.91. The molecular formula is C15H18N4. The van der Waals surface area contributed by atoms with Crippen LogP contribution in [0.4, 0.5) is 0 Å². The molecule has 4 heteroatoms. The summed E-state index contributed by atoms with van der Waals surface area (Å²) in [6, 6.07) is 4.67. The number of aromatic nitrogens is 3. The van der Waals surface area contributed by atoms with Gasteiger partial charge in [0, 0.05) is 36.7 Å². The summed E-state index contributed by atoms with van der Waals surface area (Å²) in [5.41, 5.74) is 3.33. The highest BCUT2D eigenvalue weighted by atomic mass is 15.0. The van der Waals surface area contributed by atoms with Gasteiger partial charge in [-0.3, -0.25) is 4.98 Å². The Labute approximate surface area is 113 Å². The van der Waals surface area contributed by atoms with Gasteiger partial charge in [0.15, 0.2) is 5.82 Å². The minimum absolute atomic E-state index is 0.700. The molecule has 0 bridgehead atoms. The van der Waals surface area contributed by atoms with Crippen LogP contribution in [0.2, 0.25) is 0 Å². The number of aryl methyl sites for hydroxylation is 1. The molecule has 0 atom stereocenters. The van der Waals surface area contributed by atoms with E-state index in [1.54, 1.807) is 6.20 Å². The molecule has 1 aliphatic carbocycles. The van der Waals surface area contributed by atoms with Crippen LogP contribution in [0.3, 0.4) is 0 Å². The molecule has 0 aliphatic heterocycles. The minimum atomic E-state index is 0.700. The molecule has 2 heterocycles. The van der Waals surface area contributed by atoms with Crippen LogP contribution >= 0.6 is 0 Å². The molecule has 0 amide bonds. The van der Waals surface area contributed by atoms with E-state index in [4.69, 9.17) is 0 Å². The summed E-state index contributed by atoms with van der Waals surface area (Å²) in [6.07, 6.45) is 9.06. The van der Waals surface area contributed by atoms with Crippen molar-refractivity contribution in [1.29, 1.82) is 0 Å². The molecule has 98 valence electrons. The van der Waals surface area contributed by atoms with Gasteiger partial charge in [-0.25, -0.2) is 9.97 Å². The molecule has 1 N–H and O–H groups in total. The Hall–Kier alpha value is -1.81. The van der Waals surface area contributed by atoms with E-state index in [1.165, 1.54) is 18.4 Å². The third-order valence-electron chi connectivity index (χ3n) is 3.39. The van der Waals surface area contributed by atoms with Crippen molar-refractivity contribution in [2.75, 3.05) is 0 Å². The van der Waals surface area contributed by atoms with Crippen LogP contribution in [-0.4, -0.2) is 21.0 Å². The molecule has 2 aromatic rings. The average Bonchev–Trinajstić information content (AvgIpc) is 3.29. The van der Waals surface area contributed by atoms with Gasteiger partial charge in [0.25, 0.3) is 0 Å². The van der Waals surface area contributed by atoms with Crippen LogP contribution in [-0.2, 0) is 13.0 Å². The molecule has 2 aromatic heterocycles. The van der Waals surface area contributed by atoms with Gasteiger partial charge in [0.1, 0.15) is 0 Å². The highest BCUT2D eigenvalue weighted by Crippen LogP contribution is 2.21. The van der Waals surface area contributed by atoms with Gasteiger partial charge in [-0.15, -0.1) is 0 Å². The lowest BCUT2D eigenvalue weighted by atomic mass is 10.1. The SMILES string of the molecule is CCc1cnccc1-c1nccc(CNC2CC2)n1. The number of hydrogen-bond donors (Lipinski definition) is 1. The van der Waals surface area contributed by atoms with Crippen molar-refractivity contribution >= 4 is 0 Å². The molecule has 0 spiro atoms. The smallest absolute Gasteiger partial charge is 0.159 e. The van der Waals surface area contributed by atoms with E-state index in [2.05, 4.69) is 27.2 Å². The first-order valence-corrected chi connectivity index (χ1v) is 6.85. The molecule has 19 heavy (non-hydrogen) atoms. The van der Waals surface area contributed by atoms with Crippen LogP contribution in [0.15, 0.2) is 30.7 Å². The predicted molar refractivity (Wildman–Crippen MR) is 74.5 cm³/mol. The maximum atomic E-state index is 4.65. The van der Waals surface area contributed by atoms with Crippen LogP contribution in [0.25, 0.3) is 11.4 Å². The summed E-state index contributed by atoms with van der Waals surface area (Å²) in [6.45, 7) is 2.95. The van der Waals surface area contributed by atoms with Gasteiger partial charge in [-0.1, -0.05) is 6.92 Å². The fourth-order valence-corrected chi connectivity index (χ4v) is 2.09. The van der Waals surface area contributed by atoms with Gasteiger partial charge >= 0.3 is 0 Å². The molecule has 0 unspecified atom stereocenters. The third kappa shape index (κ3) is 2.96. The van der Waals surface area contributed by atoms with Crippen molar-refractivity contribution < 1.29 is 0 Å². The molecule has 0 saturated heterocycles. The monoisotopic (exact) mass is 254 g/mol. The van der Waals surface area contributed by atoms with Crippen molar-refractivity contribution in [1.82, 2.24) is 20.3 Å². The molecule has 1 aliphatic rings. The zero-order chi connectivity index (χ0) is 13.1. The lowest BCUT2D eigenvalue weighted by molar-refractivity contribution is 0.673. The Morgan fingerprint density at radius 1 is 1.26 bits per heavy atom. The van der Waals surface area contributed by atoms with E-state index < -0.39 is 0 Å². The minimum Gasteiger partial charge on any atom is -0.308 e. The second kappa shape index (κ2) is 5.45. The van der Waals surface area contributed by atoms with E-state index in [-0.39, 0.29) is 0 Å². The zero-order valence-corrected chi connectivity index (χ0v) is 11.1. The lowest BCUT2D eigenvalue weighted by Gasteiger charge is -2.07. The van der Waals surface area contributed by atoms with E-state index in [1.807, 2.05) is 24.5 Å². The average molecular weight is 254 g/mol. The largest absolute Gasteiger partial charge is 0.308 e. The number of nitrogens with zero attached hydrogens (tertiary/aromatic N) is 3. The van der Waals surface area contributed by atoms with Crippen molar-refractivity contribution in [3.8, 4) is 11.4 Å². The van der Waals surface area contributed by atoms with Gasteiger partial charge in [0.2, 0.25) is 0 Å². The standard InChI is InChI=1S/C15H18N4/c1-2-11-9-16-7-6-14(11)15-17-8-5-13(19-15)10-18-12-3-4-12/h5-9,12,18H,2-4,10H2,1H3. The fourth-order valence-electron chi connectivity index (χ4n) is 2.09. The van der Waals surface area contributed by atoms with Gasteiger partial charge in [0.05, 0.1) is 5.69 Å². The van der Waals surface area contributed by atoms with Crippen LogP contribution in [0.5, 0.6) is 0 Å². The van der Waals surface area contributed by atoms with Crippen molar-refractivity contribution in [2.45, 2.75) is 38.8 Å². The summed E-state index contributed by atoms with van der Waals surface area (Å²) >= 11 is 0. The summed E-state index contributed by atoms with van der Waals surface area (Å²) in [4.78, 5) is 13.2. The fraction of sp³-hybridized carbons (Fsp3) is 0.400. The Bertz CT molecular complexity index is 564. The highest BCUT2D eigenvalue weighted by Gasteiger charge is 2.20. The van der Waals surface area contributed by atoms with E-state index >= 15 is 0 Å². The van der Waals surface area contributed by atoms with Crippen LogP contribution < -0.4 is 5.32 Å². The van der Waals surface area contributed by atoms with Gasteiger partial charge in [-0.2, -0.15) is 0 Å². The second-order valence-electron chi connectivity index (χ2n) is 4.91. The maximum Gasteiger partial charge on any atom is 0.159 e. The first kappa shape index (κ1) is 12.2. The number of hydrogen-bond acceptors (Lipinski definition) is 4. The van der Waals surface area contributed by atoms with E-state index in [0.717, 1.165) is 30.0 Å². The quantitative estimate of drug-likeness (QED) is 0.890. The predicted octanol–water partition coefficient (Wildman–Crippen LogP) is 2.35. The topological polar surface area (TPSA) is 50.7 Å². The zero-order valence-electron chi connectivity index (χ0n) is 11.1. The van der Waals surface area contributed by atoms with Crippen LogP contribution in [0.1, 0.15) is 31.0 Å². The Kier molecular flexibility index (Phi) is 3.51. The van der Waals surface area contributed by atoms with Crippen LogP contribution in [0, 0.1) is 0 Å². The van der Waals surface area contributed by atoms with Crippen molar-refractivity contribution in [2.24, 2.45) is 0 Å². The van der Waals surface area contributed by atoms with Gasteiger partial charge < -0.3 is 5.32 Å². The normalized spacial score (nSPS) is 14.6. The summed E-state index contributed by atoms with van der Waals surface area (Å²) in [7, 11) is 0. The third-order valence-corrected chi connectivity index (χ3v) is 3.39. The summed E-state index contributed by atoms with van der Waals surface area (Å²) in [5, 5.41) is 3.48. The molecule has 1 saturated carbocycles. The van der Waals surface area contributed by atoms with Crippen molar-refractivity contribution in [3.05, 3.63) is 42.0 Å².